The average molecular weight is 1170 g/mol. The third-order valence-electron chi connectivity index (χ3n) is 15.7. The SMILES string of the molecule is CCCCCCC/C=C\C/C=C\C/C=C\CCCCCCCCCCCCCCCCCCCCCCCCC(=O)OC(COC(=O)CCCCCCCCCCC/C=C\C/C=C\CCCCCCC)COC(OCC[N+](C)(C)C)C(=O)[O-]. The predicted octanol–water partition coefficient (Wildman–Crippen LogP) is 20.6. The summed E-state index contributed by atoms with van der Waals surface area (Å²) in [4.78, 5) is 37.5. The number of nitrogens with zero attached hydrogens (tertiary/aromatic N) is 1. The standard InChI is InChI=1S/C74H135NO8/c1-6-8-10-12-14-16-18-20-22-24-26-28-29-30-31-32-33-34-35-36-37-38-39-40-41-42-43-45-47-49-51-53-55-57-59-61-63-65-72(77)83-70(69-82-74(73(78)79)80-67-66-75(3,4)5)68-81-71(76)64-62-60-58-56-54-52-50-48-46-44-27-25-23-21-19-17-15-13-11-9-7-2/h18-21,24-27,29-30,70,74H,6-17,22-23,28,31-69H2,1-5H3/b20-18-,21-19-,26-24-,27-25-,30-29-. The van der Waals surface area contributed by atoms with Crippen molar-refractivity contribution in [3.05, 3.63) is 60.8 Å². The number of aliphatic carboxylic acids is 1. The smallest absolute Gasteiger partial charge is 0.306 e. The summed E-state index contributed by atoms with van der Waals surface area (Å²) in [6, 6.07) is 0. The molecule has 0 bridgehead atoms. The molecule has 0 aromatic carbocycles. The summed E-state index contributed by atoms with van der Waals surface area (Å²) in [5.41, 5.74) is 0. The number of carboxylic acid groups (broad SMARTS) is 1. The van der Waals surface area contributed by atoms with Crippen LogP contribution < -0.4 is 5.11 Å². The van der Waals surface area contributed by atoms with Crippen LogP contribution in [0.25, 0.3) is 0 Å². The van der Waals surface area contributed by atoms with E-state index in [0.29, 0.717) is 17.4 Å². The van der Waals surface area contributed by atoms with Gasteiger partial charge < -0.3 is 33.3 Å². The van der Waals surface area contributed by atoms with Crippen molar-refractivity contribution >= 4 is 17.9 Å². The highest BCUT2D eigenvalue weighted by Gasteiger charge is 2.22. The van der Waals surface area contributed by atoms with Crippen molar-refractivity contribution in [2.24, 2.45) is 0 Å². The summed E-state index contributed by atoms with van der Waals surface area (Å²) in [5.74, 6) is -2.27. The number of carboxylic acids is 1. The topological polar surface area (TPSA) is 111 Å². The monoisotopic (exact) mass is 1170 g/mol. The number of ether oxygens (including phenoxy) is 4. The summed E-state index contributed by atoms with van der Waals surface area (Å²) >= 11 is 0. The van der Waals surface area contributed by atoms with Crippen LogP contribution in [0.1, 0.15) is 335 Å². The first-order chi connectivity index (χ1) is 40.6. The van der Waals surface area contributed by atoms with Crippen LogP contribution >= 0.6 is 0 Å². The number of carbonyl (C=O) groups excluding carboxylic acids is 3. The van der Waals surface area contributed by atoms with E-state index in [2.05, 4.69) is 74.6 Å². The lowest BCUT2D eigenvalue weighted by Crippen LogP contribution is -2.44. The maximum atomic E-state index is 12.9. The van der Waals surface area contributed by atoms with Gasteiger partial charge in [-0.15, -0.1) is 0 Å². The molecule has 0 fully saturated rings. The molecule has 0 saturated carbocycles. The average Bonchev–Trinajstić information content (AvgIpc) is 3.46. The molecular formula is C74H135NO8. The van der Waals surface area contributed by atoms with Crippen LogP contribution in [0.15, 0.2) is 60.8 Å². The highest BCUT2D eigenvalue weighted by molar-refractivity contribution is 5.70. The van der Waals surface area contributed by atoms with Gasteiger partial charge in [-0.1, -0.05) is 299 Å². The summed E-state index contributed by atoms with van der Waals surface area (Å²) in [7, 11) is 5.94. The molecule has 83 heavy (non-hydrogen) atoms. The number of quaternary nitrogens is 1. The summed E-state index contributed by atoms with van der Waals surface area (Å²) < 4.78 is 22.8. The van der Waals surface area contributed by atoms with Gasteiger partial charge in [-0.2, -0.15) is 0 Å². The fourth-order valence-electron chi connectivity index (χ4n) is 10.3. The van der Waals surface area contributed by atoms with Gasteiger partial charge in [0.1, 0.15) is 13.2 Å². The Labute approximate surface area is 514 Å². The number of esters is 2. The van der Waals surface area contributed by atoms with Crippen LogP contribution in [-0.4, -0.2) is 82.3 Å². The van der Waals surface area contributed by atoms with Gasteiger partial charge in [0, 0.05) is 12.8 Å². The van der Waals surface area contributed by atoms with Crippen molar-refractivity contribution in [1.29, 1.82) is 0 Å². The van der Waals surface area contributed by atoms with Crippen molar-refractivity contribution in [3.63, 3.8) is 0 Å². The van der Waals surface area contributed by atoms with Crippen molar-refractivity contribution < 1.29 is 42.9 Å². The Bertz CT molecular complexity index is 1550. The van der Waals surface area contributed by atoms with Gasteiger partial charge in [-0.3, -0.25) is 9.59 Å². The second-order valence-corrected chi connectivity index (χ2v) is 25.2. The fraction of sp³-hybridized carbons (Fsp3) is 0.824. The highest BCUT2D eigenvalue weighted by Crippen LogP contribution is 2.18. The molecule has 9 heteroatoms. The molecule has 0 N–H and O–H groups in total. The highest BCUT2D eigenvalue weighted by atomic mass is 16.7. The number of carbonyl (C=O) groups is 3. The lowest BCUT2D eigenvalue weighted by molar-refractivity contribution is -0.870. The molecule has 0 aliphatic rings. The zero-order chi connectivity index (χ0) is 60.5. The van der Waals surface area contributed by atoms with Crippen molar-refractivity contribution in [2.75, 3.05) is 47.5 Å². The molecule has 2 atom stereocenters. The molecule has 0 heterocycles. The van der Waals surface area contributed by atoms with E-state index in [-0.39, 0.29) is 38.6 Å². The Kier molecular flexibility index (Phi) is 62.6. The minimum absolute atomic E-state index is 0.148. The number of rotatable bonds is 66. The molecule has 0 radical (unpaired) electrons. The minimum atomic E-state index is -1.62. The van der Waals surface area contributed by atoms with Gasteiger partial charge in [0.25, 0.3) is 0 Å². The van der Waals surface area contributed by atoms with Crippen LogP contribution in [0.4, 0.5) is 0 Å². The van der Waals surface area contributed by atoms with E-state index < -0.39 is 24.3 Å². The molecule has 2 unspecified atom stereocenters. The number of hydrogen-bond acceptors (Lipinski definition) is 8. The number of likely N-dealkylation sites (N-methyl/N-ethyl adjacent to an activating group) is 1. The van der Waals surface area contributed by atoms with Gasteiger partial charge in [0.2, 0.25) is 0 Å². The third kappa shape index (κ3) is 66.4. The lowest BCUT2D eigenvalue weighted by Gasteiger charge is -2.26. The molecule has 484 valence electrons. The van der Waals surface area contributed by atoms with Gasteiger partial charge in [-0.25, -0.2) is 0 Å². The van der Waals surface area contributed by atoms with Gasteiger partial charge in [0.15, 0.2) is 12.4 Å². The number of unbranched alkanes of at least 4 members (excludes halogenated alkanes) is 41. The molecule has 0 saturated heterocycles. The molecule has 0 aromatic heterocycles. The second-order valence-electron chi connectivity index (χ2n) is 25.2. The molecule has 0 aromatic rings. The first kappa shape index (κ1) is 80.0. The van der Waals surface area contributed by atoms with Crippen molar-refractivity contribution in [2.45, 2.75) is 347 Å². The normalized spacial score (nSPS) is 13.0. The second kappa shape index (κ2) is 65.0. The lowest BCUT2D eigenvalue weighted by atomic mass is 10.0. The first-order valence-electron chi connectivity index (χ1n) is 35.4. The Morgan fingerprint density at radius 2 is 0.651 bits per heavy atom. The van der Waals surface area contributed by atoms with Crippen molar-refractivity contribution in [3.8, 4) is 0 Å². The largest absolute Gasteiger partial charge is 0.545 e. The van der Waals surface area contributed by atoms with E-state index in [0.717, 1.165) is 51.4 Å². The third-order valence-corrected chi connectivity index (χ3v) is 15.7. The zero-order valence-electron chi connectivity index (χ0n) is 55.3. The van der Waals surface area contributed by atoms with Crippen LogP contribution in [-0.2, 0) is 33.3 Å². The van der Waals surface area contributed by atoms with Crippen molar-refractivity contribution in [1.82, 2.24) is 0 Å². The Balaban J connectivity index is 4.03. The van der Waals surface area contributed by atoms with E-state index in [1.54, 1.807) is 0 Å². The Hall–Kier alpha value is -3.01. The summed E-state index contributed by atoms with van der Waals surface area (Å²) in [5, 5.41) is 11.8. The minimum Gasteiger partial charge on any atom is -0.545 e. The number of hydrogen-bond donors (Lipinski definition) is 0. The van der Waals surface area contributed by atoms with Gasteiger partial charge in [-0.05, 0) is 83.5 Å². The molecule has 9 nitrogen and oxygen atoms in total. The Morgan fingerprint density at radius 3 is 0.964 bits per heavy atom. The van der Waals surface area contributed by atoms with Gasteiger partial charge in [0.05, 0.1) is 40.3 Å². The van der Waals surface area contributed by atoms with Crippen LogP contribution in [0.5, 0.6) is 0 Å². The van der Waals surface area contributed by atoms with E-state index >= 15 is 0 Å². The Morgan fingerprint density at radius 1 is 0.361 bits per heavy atom. The molecule has 0 spiro atoms. The fourth-order valence-corrected chi connectivity index (χ4v) is 10.3. The molecule has 0 rings (SSSR count). The maximum Gasteiger partial charge on any atom is 0.306 e. The van der Waals surface area contributed by atoms with Crippen LogP contribution in [0.3, 0.4) is 0 Å². The van der Waals surface area contributed by atoms with E-state index in [1.165, 1.54) is 250 Å². The van der Waals surface area contributed by atoms with Crippen LogP contribution in [0.2, 0.25) is 0 Å². The molecular weight excluding hydrogens is 1030 g/mol. The van der Waals surface area contributed by atoms with E-state index in [1.807, 2.05) is 21.1 Å². The summed E-state index contributed by atoms with van der Waals surface area (Å²) in [6.45, 7) is 4.77. The first-order valence-corrected chi connectivity index (χ1v) is 35.4. The van der Waals surface area contributed by atoms with Crippen LogP contribution in [0, 0.1) is 0 Å². The van der Waals surface area contributed by atoms with Gasteiger partial charge >= 0.3 is 11.9 Å². The molecule has 0 amide bonds. The predicted molar refractivity (Wildman–Crippen MR) is 352 cm³/mol. The van der Waals surface area contributed by atoms with E-state index in [4.69, 9.17) is 18.9 Å². The summed E-state index contributed by atoms with van der Waals surface area (Å²) in [6.07, 6.45) is 81.7. The van der Waals surface area contributed by atoms with E-state index in [9.17, 15) is 19.5 Å². The quantitative estimate of drug-likeness (QED) is 0.0195. The maximum absolute atomic E-state index is 12.9. The number of allylic oxidation sites excluding steroid dienone is 10. The molecule has 0 aliphatic heterocycles. The molecule has 0 aliphatic carbocycles. The zero-order valence-corrected chi connectivity index (χ0v) is 55.3.